The number of benzene rings is 1. The van der Waals surface area contributed by atoms with Gasteiger partial charge in [0.1, 0.15) is 11.9 Å². The molecule has 0 aromatic heterocycles. The van der Waals surface area contributed by atoms with Crippen LogP contribution in [0.5, 0.6) is 5.75 Å². The van der Waals surface area contributed by atoms with Gasteiger partial charge in [-0.15, -0.1) is 0 Å². The van der Waals surface area contributed by atoms with Gasteiger partial charge in [-0.1, -0.05) is 12.1 Å². The van der Waals surface area contributed by atoms with Gasteiger partial charge >= 0.3 is 5.97 Å². The van der Waals surface area contributed by atoms with E-state index in [1.165, 1.54) is 0 Å². The number of amides is 1. The fraction of sp³-hybridized carbons (Fsp3) is 0.316. The number of aryl methyl sites for hydroxylation is 2. The number of aromatic hydroxyl groups is 1. The highest BCUT2D eigenvalue weighted by Crippen LogP contribution is 2.23. The molecule has 0 bridgehead atoms. The topological polar surface area (TPSA) is 132 Å². The molecule has 1 aromatic rings. The average Bonchev–Trinajstić information content (AvgIpc) is 2.60. The molecule has 0 aliphatic heterocycles. The summed E-state index contributed by atoms with van der Waals surface area (Å²) in [5.74, 6) is 5.15. The molecule has 1 amide bonds. The molecule has 8 heteroatoms. The number of carbonyl (C=O) groups excluding carboxylic acids is 1. The molecule has 0 radical (unpaired) electrons. The quantitative estimate of drug-likeness (QED) is 0.490. The Morgan fingerprint density at radius 2 is 1.85 bits per heavy atom. The summed E-state index contributed by atoms with van der Waals surface area (Å²) in [6, 6.07) is 3.38. The Morgan fingerprint density at radius 1 is 1.19 bits per heavy atom. The molecular weight excluding hydrogens is 350 g/mol. The number of phenolic OH excluding ortho intramolecular Hbond substituents is 1. The lowest BCUT2D eigenvalue weighted by molar-refractivity contribution is -0.136. The normalized spacial score (nSPS) is 10.3. The third-order valence-electron chi connectivity index (χ3n) is 3.26. The van der Waals surface area contributed by atoms with Crippen LogP contribution in [0.4, 0.5) is 0 Å². The maximum absolute atomic E-state index is 11.7. The highest BCUT2D eigenvalue weighted by molar-refractivity contribution is 5.97. The lowest BCUT2D eigenvalue weighted by atomic mass is 10.0. The molecule has 1 aromatic carbocycles. The van der Waals surface area contributed by atoms with Crippen LogP contribution in [0.15, 0.2) is 39.0 Å². The molecule has 0 aliphatic carbocycles. The van der Waals surface area contributed by atoms with Crippen LogP contribution in [0, 0.1) is 13.8 Å². The second-order valence-electron chi connectivity index (χ2n) is 5.51. The number of aliphatic imine (C=N–C) groups is 3. The van der Waals surface area contributed by atoms with Crippen molar-refractivity contribution in [2.75, 3.05) is 6.54 Å². The van der Waals surface area contributed by atoms with E-state index in [0.29, 0.717) is 16.7 Å². The van der Waals surface area contributed by atoms with E-state index in [1.807, 2.05) is 0 Å². The predicted octanol–water partition coefficient (Wildman–Crippen LogP) is 1.15. The Labute approximate surface area is 155 Å². The summed E-state index contributed by atoms with van der Waals surface area (Å²) in [7, 11) is 0. The van der Waals surface area contributed by atoms with E-state index in [9.17, 15) is 19.8 Å². The van der Waals surface area contributed by atoms with Gasteiger partial charge in [-0.25, -0.2) is 4.99 Å². The number of aliphatic hydroxyl groups is 1. The number of carboxylic acids is 1. The van der Waals surface area contributed by atoms with Crippen molar-refractivity contribution in [3.05, 3.63) is 40.8 Å². The summed E-state index contributed by atoms with van der Waals surface area (Å²) in [6.07, 6.45) is -0.258. The number of phenols is 1. The molecule has 0 saturated heterocycles. The highest BCUT2D eigenvalue weighted by Gasteiger charge is 2.15. The number of aliphatic hydroxyl groups excluding tert-OH is 1. The van der Waals surface area contributed by atoms with Crippen molar-refractivity contribution in [3.63, 3.8) is 0 Å². The van der Waals surface area contributed by atoms with Crippen molar-refractivity contribution < 1.29 is 24.9 Å². The van der Waals surface area contributed by atoms with Gasteiger partial charge in [-0.2, -0.15) is 9.98 Å². The average molecular weight is 369 g/mol. The first-order valence-electron chi connectivity index (χ1n) is 7.93. The van der Waals surface area contributed by atoms with Gasteiger partial charge < -0.3 is 15.3 Å². The number of hydrogen-bond donors (Lipinski definition) is 3. The predicted molar refractivity (Wildman–Crippen MR) is 99.8 cm³/mol. The van der Waals surface area contributed by atoms with E-state index in [4.69, 9.17) is 5.11 Å². The zero-order valence-electron chi connectivity index (χ0n) is 14.9. The standard InChI is InChI=1S/C19H19N3O5/c1-13-10-15(11-14(2)18(13)26)12-16(23)19(27)22-9-8-21-6-3-5-20-7-4-17(24)25/h6,10-11,16,23,26H,4,7,12H2,1-2H3,(H,24,25)/t16-/m1/s1. The minimum absolute atomic E-state index is 0.0541. The Morgan fingerprint density at radius 3 is 2.48 bits per heavy atom. The molecule has 3 N–H and O–H groups in total. The van der Waals surface area contributed by atoms with E-state index in [0.717, 1.165) is 6.20 Å². The Kier molecular flexibility index (Phi) is 8.93. The first kappa shape index (κ1) is 21.6. The van der Waals surface area contributed by atoms with Crippen molar-refractivity contribution >= 4 is 29.5 Å². The van der Waals surface area contributed by atoms with E-state index < -0.39 is 18.0 Å². The van der Waals surface area contributed by atoms with Crippen LogP contribution in [0.25, 0.3) is 0 Å². The summed E-state index contributed by atoms with van der Waals surface area (Å²) < 4.78 is 0. The largest absolute Gasteiger partial charge is 0.507 e. The Balaban J connectivity index is 2.65. The second kappa shape index (κ2) is 11.2. The van der Waals surface area contributed by atoms with Crippen LogP contribution in [0.2, 0.25) is 0 Å². The minimum atomic E-state index is -1.35. The third-order valence-corrected chi connectivity index (χ3v) is 3.26. The molecule has 0 aliphatic rings. The molecule has 0 saturated carbocycles. The second-order valence-corrected chi connectivity index (χ2v) is 5.51. The Bertz CT molecular complexity index is 886. The zero-order valence-corrected chi connectivity index (χ0v) is 14.9. The lowest BCUT2D eigenvalue weighted by Gasteiger charge is -2.10. The molecule has 27 heavy (non-hydrogen) atoms. The van der Waals surface area contributed by atoms with Crippen molar-refractivity contribution in [2.24, 2.45) is 15.0 Å². The van der Waals surface area contributed by atoms with E-state index in [2.05, 4.69) is 38.3 Å². The minimum Gasteiger partial charge on any atom is -0.507 e. The molecule has 0 spiro atoms. The number of nitrogens with zero attached hydrogens (tertiary/aromatic N) is 3. The van der Waals surface area contributed by atoms with Gasteiger partial charge in [0, 0.05) is 12.3 Å². The lowest BCUT2D eigenvalue weighted by Crippen LogP contribution is -2.21. The molecule has 1 rings (SSSR count). The van der Waals surface area contributed by atoms with Gasteiger partial charge in [0.15, 0.2) is 0 Å². The van der Waals surface area contributed by atoms with Crippen molar-refractivity contribution in [2.45, 2.75) is 32.8 Å². The number of aliphatic carboxylic acids is 1. The fourth-order valence-electron chi connectivity index (χ4n) is 2.00. The summed E-state index contributed by atoms with van der Waals surface area (Å²) in [4.78, 5) is 32.6. The number of carboxylic acid groups (broad SMARTS) is 1. The molecule has 0 heterocycles. The van der Waals surface area contributed by atoms with E-state index in [-0.39, 0.29) is 25.1 Å². The summed E-state index contributed by atoms with van der Waals surface area (Å²) in [6.45, 7) is 3.55. The van der Waals surface area contributed by atoms with Crippen molar-refractivity contribution in [1.29, 1.82) is 0 Å². The number of hydrogen-bond acceptors (Lipinski definition) is 6. The SMILES string of the molecule is Cc1cc(C[C@@H](O)C(=O)N=C=C=NC=C=C=NCCC(=O)O)cc(C)c1O. The number of rotatable bonds is 7. The van der Waals surface area contributed by atoms with Crippen LogP contribution in [-0.4, -0.2) is 57.5 Å². The van der Waals surface area contributed by atoms with Crippen LogP contribution in [-0.2, 0) is 16.0 Å². The molecule has 140 valence electrons. The van der Waals surface area contributed by atoms with E-state index >= 15 is 0 Å². The fourth-order valence-corrected chi connectivity index (χ4v) is 2.00. The van der Waals surface area contributed by atoms with Gasteiger partial charge in [0.05, 0.1) is 30.9 Å². The van der Waals surface area contributed by atoms with Crippen molar-refractivity contribution in [3.8, 4) is 5.75 Å². The summed E-state index contributed by atoms with van der Waals surface area (Å²) >= 11 is 0. The summed E-state index contributed by atoms with van der Waals surface area (Å²) in [5, 5.41) is 28.0. The molecule has 0 unspecified atom stereocenters. The molecular formula is C19H19N3O5. The van der Waals surface area contributed by atoms with Crippen LogP contribution >= 0.6 is 0 Å². The van der Waals surface area contributed by atoms with Gasteiger partial charge in [0.25, 0.3) is 5.91 Å². The molecule has 1 atom stereocenters. The Hall–Kier alpha value is -3.49. The number of carbonyl (C=O) groups is 2. The van der Waals surface area contributed by atoms with Gasteiger partial charge in [0.2, 0.25) is 0 Å². The highest BCUT2D eigenvalue weighted by atomic mass is 16.4. The zero-order chi connectivity index (χ0) is 20.2. The smallest absolute Gasteiger partial charge is 0.305 e. The van der Waals surface area contributed by atoms with Crippen LogP contribution < -0.4 is 0 Å². The first-order chi connectivity index (χ1) is 12.8. The summed E-state index contributed by atoms with van der Waals surface area (Å²) in [5.41, 5.74) is 4.44. The van der Waals surface area contributed by atoms with Crippen LogP contribution in [0.1, 0.15) is 23.1 Å². The third kappa shape index (κ3) is 8.43. The monoisotopic (exact) mass is 369 g/mol. The van der Waals surface area contributed by atoms with Gasteiger partial charge in [-0.3, -0.25) is 9.59 Å². The molecule has 8 nitrogen and oxygen atoms in total. The van der Waals surface area contributed by atoms with Gasteiger partial charge in [-0.05, 0) is 36.3 Å². The van der Waals surface area contributed by atoms with Crippen molar-refractivity contribution in [1.82, 2.24) is 0 Å². The maximum atomic E-state index is 11.7. The maximum Gasteiger partial charge on any atom is 0.305 e. The van der Waals surface area contributed by atoms with Crippen LogP contribution in [0.3, 0.4) is 0 Å². The van der Waals surface area contributed by atoms with E-state index in [1.54, 1.807) is 26.0 Å². The molecule has 0 fully saturated rings. The first-order valence-corrected chi connectivity index (χ1v) is 7.93.